The molecule has 2 aliphatic heterocycles. The minimum absolute atomic E-state index is 0.0499. The highest BCUT2D eigenvalue weighted by molar-refractivity contribution is 5.95. The van der Waals surface area contributed by atoms with Crippen molar-refractivity contribution in [1.82, 2.24) is 15.5 Å². The van der Waals surface area contributed by atoms with E-state index in [1.54, 1.807) is 26.0 Å². The molecule has 1 fully saturated rings. The number of urea groups is 1. The molecule has 0 spiro atoms. The monoisotopic (exact) mass is 452 g/mol. The smallest absolute Gasteiger partial charge is 0.338 e. The van der Waals surface area contributed by atoms with Crippen molar-refractivity contribution in [1.29, 1.82) is 0 Å². The predicted molar refractivity (Wildman–Crippen MR) is 122 cm³/mol. The van der Waals surface area contributed by atoms with Gasteiger partial charge < -0.3 is 24.7 Å². The largest absolute Gasteiger partial charge is 0.467 e. The van der Waals surface area contributed by atoms with Crippen LogP contribution in [-0.4, -0.2) is 62.0 Å². The van der Waals surface area contributed by atoms with Crippen molar-refractivity contribution >= 4 is 23.5 Å². The van der Waals surface area contributed by atoms with Gasteiger partial charge in [0.1, 0.15) is 11.8 Å². The highest BCUT2D eigenvalue weighted by Gasteiger charge is 2.36. The van der Waals surface area contributed by atoms with Gasteiger partial charge in [0, 0.05) is 49.7 Å². The number of furan rings is 1. The molecule has 4 rings (SSSR count). The van der Waals surface area contributed by atoms with Crippen LogP contribution in [0, 0.1) is 0 Å². The van der Waals surface area contributed by atoms with Crippen molar-refractivity contribution in [3.05, 3.63) is 65.3 Å². The first-order valence-electron chi connectivity index (χ1n) is 11.1. The number of hydrogen-bond donors (Lipinski definition) is 2. The van der Waals surface area contributed by atoms with Gasteiger partial charge in [-0.25, -0.2) is 9.59 Å². The minimum Gasteiger partial charge on any atom is -0.467 e. The summed E-state index contributed by atoms with van der Waals surface area (Å²) in [6, 6.07) is 9.98. The molecule has 33 heavy (non-hydrogen) atoms. The van der Waals surface area contributed by atoms with Gasteiger partial charge in [0.05, 0.1) is 18.4 Å². The number of ether oxygens (including phenoxy) is 1. The Morgan fingerprint density at radius 2 is 1.85 bits per heavy atom. The Labute approximate surface area is 192 Å². The zero-order valence-corrected chi connectivity index (χ0v) is 18.8. The number of nitrogens with one attached hydrogen (secondary N) is 2. The molecular formula is C24H28N4O5. The van der Waals surface area contributed by atoms with E-state index in [1.807, 2.05) is 24.3 Å². The van der Waals surface area contributed by atoms with Crippen LogP contribution in [0.2, 0.25) is 0 Å². The van der Waals surface area contributed by atoms with Crippen LogP contribution in [0.3, 0.4) is 0 Å². The number of carbonyl (C=O) groups excluding carboxylic acids is 3. The quantitative estimate of drug-likeness (QED) is 0.491. The molecule has 9 nitrogen and oxygen atoms in total. The van der Waals surface area contributed by atoms with Gasteiger partial charge in [-0.15, -0.1) is 0 Å². The van der Waals surface area contributed by atoms with E-state index in [2.05, 4.69) is 20.4 Å². The molecule has 2 aromatic rings. The van der Waals surface area contributed by atoms with Crippen molar-refractivity contribution in [2.45, 2.75) is 19.9 Å². The maximum absolute atomic E-state index is 12.8. The molecule has 1 unspecified atom stereocenters. The van der Waals surface area contributed by atoms with Crippen LogP contribution in [0.25, 0.3) is 0 Å². The van der Waals surface area contributed by atoms with E-state index in [0.29, 0.717) is 29.1 Å². The maximum Gasteiger partial charge on any atom is 0.338 e. The summed E-state index contributed by atoms with van der Waals surface area (Å²) in [5.74, 6) is 0.0451. The molecule has 3 heterocycles. The molecule has 2 N–H and O–H groups in total. The number of hydrogen-bond acceptors (Lipinski definition) is 7. The molecule has 0 saturated carbocycles. The van der Waals surface area contributed by atoms with Gasteiger partial charge in [-0.3, -0.25) is 9.69 Å². The van der Waals surface area contributed by atoms with Gasteiger partial charge in [0.25, 0.3) is 0 Å². The van der Waals surface area contributed by atoms with Gasteiger partial charge >= 0.3 is 12.0 Å². The Morgan fingerprint density at radius 3 is 2.45 bits per heavy atom. The van der Waals surface area contributed by atoms with E-state index in [-0.39, 0.29) is 18.4 Å². The second kappa shape index (κ2) is 9.91. The second-order valence-corrected chi connectivity index (χ2v) is 8.03. The van der Waals surface area contributed by atoms with Gasteiger partial charge in [0.15, 0.2) is 5.78 Å². The van der Waals surface area contributed by atoms with E-state index < -0.39 is 12.0 Å². The van der Waals surface area contributed by atoms with Crippen molar-refractivity contribution in [3.8, 4) is 0 Å². The molecule has 0 aliphatic carbocycles. The number of amides is 2. The first kappa shape index (κ1) is 22.6. The standard InChI is InChI=1S/C24H28N4O5/c1-3-32-23(30)21-19(25-24(31)26-22(21)20-5-4-14-33-20)15-27-10-12-28(13-11-27)18-8-6-17(7-9-18)16(2)29/h4-9,14,22H,3,10-13,15H2,1-2H3,(H2,25,26,31). The fraction of sp³-hybridized carbons (Fsp3) is 0.375. The number of Topliss-reactive ketones (excluding diaryl/α,β-unsaturated/α-hetero) is 1. The van der Waals surface area contributed by atoms with Crippen LogP contribution in [0.1, 0.15) is 36.0 Å². The number of carbonyl (C=O) groups is 3. The van der Waals surface area contributed by atoms with Crippen LogP contribution in [-0.2, 0) is 9.53 Å². The van der Waals surface area contributed by atoms with E-state index in [9.17, 15) is 14.4 Å². The Kier molecular flexibility index (Phi) is 6.79. The molecule has 0 radical (unpaired) electrons. The lowest BCUT2D eigenvalue weighted by molar-refractivity contribution is -0.139. The summed E-state index contributed by atoms with van der Waals surface area (Å²) in [6.07, 6.45) is 1.51. The Bertz CT molecular complexity index is 1040. The number of piperazine rings is 1. The third-order valence-corrected chi connectivity index (χ3v) is 5.87. The van der Waals surface area contributed by atoms with Crippen molar-refractivity contribution in [2.75, 3.05) is 44.2 Å². The van der Waals surface area contributed by atoms with Crippen molar-refractivity contribution in [2.24, 2.45) is 0 Å². The van der Waals surface area contributed by atoms with Crippen LogP contribution >= 0.6 is 0 Å². The van der Waals surface area contributed by atoms with Crippen LogP contribution in [0.15, 0.2) is 58.3 Å². The molecular weight excluding hydrogens is 424 g/mol. The van der Waals surface area contributed by atoms with Gasteiger partial charge in [-0.05, 0) is 50.2 Å². The summed E-state index contributed by atoms with van der Waals surface area (Å²) in [6.45, 7) is 7.03. The molecule has 1 atom stereocenters. The van der Waals surface area contributed by atoms with Crippen molar-refractivity contribution in [3.63, 3.8) is 0 Å². The summed E-state index contributed by atoms with van der Waals surface area (Å²) in [5.41, 5.74) is 2.65. The van der Waals surface area contributed by atoms with Crippen LogP contribution in [0.5, 0.6) is 0 Å². The molecule has 2 aliphatic rings. The van der Waals surface area contributed by atoms with Gasteiger partial charge in [-0.1, -0.05) is 0 Å². The average molecular weight is 453 g/mol. The lowest BCUT2D eigenvalue weighted by Gasteiger charge is -2.37. The molecule has 2 amide bonds. The zero-order chi connectivity index (χ0) is 23.4. The summed E-state index contributed by atoms with van der Waals surface area (Å²) in [4.78, 5) is 41.1. The number of anilines is 1. The molecule has 1 saturated heterocycles. The Hall–Kier alpha value is -3.59. The summed E-state index contributed by atoms with van der Waals surface area (Å²) in [5, 5.41) is 5.57. The average Bonchev–Trinajstić information content (AvgIpc) is 3.34. The third kappa shape index (κ3) is 5.09. The van der Waals surface area contributed by atoms with E-state index >= 15 is 0 Å². The molecule has 9 heteroatoms. The SMILES string of the molecule is CCOC(=O)C1=C(CN2CCN(c3ccc(C(C)=O)cc3)CC2)NC(=O)NC1c1ccco1. The Morgan fingerprint density at radius 1 is 1.12 bits per heavy atom. The number of rotatable bonds is 7. The number of benzene rings is 1. The van der Waals surface area contributed by atoms with Crippen molar-refractivity contribution < 1.29 is 23.5 Å². The lowest BCUT2D eigenvalue weighted by Crippen LogP contribution is -2.51. The summed E-state index contributed by atoms with van der Waals surface area (Å²) in [7, 11) is 0. The highest BCUT2D eigenvalue weighted by atomic mass is 16.5. The minimum atomic E-state index is -0.705. The molecule has 174 valence electrons. The first-order chi connectivity index (χ1) is 16.0. The number of esters is 1. The number of ketones is 1. The summed E-state index contributed by atoms with van der Waals surface area (Å²) < 4.78 is 10.8. The fourth-order valence-electron chi connectivity index (χ4n) is 4.16. The normalized spacial score (nSPS) is 19.2. The van der Waals surface area contributed by atoms with Gasteiger partial charge in [-0.2, -0.15) is 0 Å². The fourth-order valence-corrected chi connectivity index (χ4v) is 4.16. The molecule has 1 aromatic carbocycles. The predicted octanol–water partition coefficient (Wildman–Crippen LogP) is 2.48. The van der Waals surface area contributed by atoms with E-state index in [0.717, 1.165) is 31.9 Å². The van der Waals surface area contributed by atoms with Crippen LogP contribution in [0.4, 0.5) is 10.5 Å². The molecule has 1 aromatic heterocycles. The highest BCUT2D eigenvalue weighted by Crippen LogP contribution is 2.29. The van der Waals surface area contributed by atoms with E-state index in [4.69, 9.17) is 9.15 Å². The Balaban J connectivity index is 1.49. The van der Waals surface area contributed by atoms with Crippen LogP contribution < -0.4 is 15.5 Å². The third-order valence-electron chi connectivity index (χ3n) is 5.87. The number of nitrogens with zero attached hydrogens (tertiary/aromatic N) is 2. The topological polar surface area (TPSA) is 104 Å². The maximum atomic E-state index is 12.8. The zero-order valence-electron chi connectivity index (χ0n) is 18.8. The molecule has 0 bridgehead atoms. The van der Waals surface area contributed by atoms with E-state index in [1.165, 1.54) is 6.26 Å². The second-order valence-electron chi connectivity index (χ2n) is 8.03. The first-order valence-corrected chi connectivity index (χ1v) is 11.1. The van der Waals surface area contributed by atoms with Gasteiger partial charge in [0.2, 0.25) is 0 Å². The summed E-state index contributed by atoms with van der Waals surface area (Å²) >= 11 is 0. The lowest BCUT2D eigenvalue weighted by atomic mass is 9.99.